The van der Waals surface area contributed by atoms with E-state index in [0.717, 1.165) is 22.4 Å². The molecule has 0 aliphatic carbocycles. The van der Waals surface area contributed by atoms with Gasteiger partial charge in [0.15, 0.2) is 5.17 Å². The fourth-order valence-corrected chi connectivity index (χ4v) is 4.61. The number of aliphatic imine (C=N–C) groups is 1. The van der Waals surface area contributed by atoms with E-state index in [2.05, 4.69) is 11.4 Å². The summed E-state index contributed by atoms with van der Waals surface area (Å²) in [5.41, 5.74) is 4.43. The Hall–Kier alpha value is -2.35. The number of amides is 2. The summed E-state index contributed by atoms with van der Waals surface area (Å²) in [6.07, 6.45) is 0.0465. The number of aryl methyl sites for hydroxylation is 2. The van der Waals surface area contributed by atoms with Crippen molar-refractivity contribution in [3.8, 4) is 0 Å². The number of hydrogen-bond acceptors (Lipinski definition) is 5. The maximum Gasteiger partial charge on any atom is 0.242 e. The molecule has 1 atom stereocenters. The first kappa shape index (κ1) is 23.3. The van der Waals surface area contributed by atoms with Crippen LogP contribution < -0.4 is 5.32 Å². The van der Waals surface area contributed by atoms with Crippen LogP contribution in [0, 0.1) is 20.8 Å². The van der Waals surface area contributed by atoms with Gasteiger partial charge in [0, 0.05) is 24.2 Å². The molecule has 6 nitrogen and oxygen atoms in total. The smallest absolute Gasteiger partial charge is 0.242 e. The lowest BCUT2D eigenvalue weighted by Crippen LogP contribution is -2.35. The van der Waals surface area contributed by atoms with Crippen molar-refractivity contribution >= 4 is 51.7 Å². The SMILES string of the molecule is COCCN1C(=O)C(CC(=O)Nc2cccc(Cl)c2C)SC1=Nc1ccc(C)cc1C. The Labute approximate surface area is 192 Å². The second-order valence-corrected chi connectivity index (χ2v) is 9.02. The van der Waals surface area contributed by atoms with E-state index in [9.17, 15) is 9.59 Å². The van der Waals surface area contributed by atoms with Gasteiger partial charge in [-0.25, -0.2) is 4.99 Å². The lowest BCUT2D eigenvalue weighted by atomic mass is 10.1. The van der Waals surface area contributed by atoms with E-state index >= 15 is 0 Å². The standard InChI is InChI=1S/C23H26ClN3O3S/c1-14-8-9-18(15(2)12-14)26-23-27(10-11-30-4)22(29)20(31-23)13-21(28)25-19-7-5-6-17(24)16(19)3/h5-9,12,20H,10-11,13H2,1-4H3,(H,25,28). The summed E-state index contributed by atoms with van der Waals surface area (Å²) in [5.74, 6) is -0.376. The molecule has 1 fully saturated rings. The van der Waals surface area contributed by atoms with Crippen LogP contribution in [0.15, 0.2) is 41.4 Å². The number of carbonyl (C=O) groups is 2. The van der Waals surface area contributed by atoms with Crippen molar-refractivity contribution < 1.29 is 14.3 Å². The van der Waals surface area contributed by atoms with E-state index < -0.39 is 5.25 Å². The van der Waals surface area contributed by atoms with Crippen LogP contribution in [-0.2, 0) is 14.3 Å². The number of thioether (sulfide) groups is 1. The third kappa shape index (κ3) is 5.67. The van der Waals surface area contributed by atoms with Crippen molar-refractivity contribution in [2.24, 2.45) is 4.99 Å². The molecule has 0 radical (unpaired) electrons. The second kappa shape index (κ2) is 10.3. The van der Waals surface area contributed by atoms with Crippen molar-refractivity contribution in [2.45, 2.75) is 32.4 Å². The van der Waals surface area contributed by atoms with Gasteiger partial charge in [-0.1, -0.05) is 47.1 Å². The molecule has 2 aromatic carbocycles. The summed E-state index contributed by atoms with van der Waals surface area (Å²) in [7, 11) is 1.59. The zero-order chi connectivity index (χ0) is 22.5. The quantitative estimate of drug-likeness (QED) is 0.641. The molecule has 0 bridgehead atoms. The zero-order valence-corrected chi connectivity index (χ0v) is 19.6. The van der Waals surface area contributed by atoms with Crippen LogP contribution in [0.5, 0.6) is 0 Å². The van der Waals surface area contributed by atoms with Gasteiger partial charge < -0.3 is 10.1 Å². The number of amidine groups is 1. The van der Waals surface area contributed by atoms with Crippen molar-refractivity contribution in [3.05, 3.63) is 58.1 Å². The lowest BCUT2D eigenvalue weighted by molar-refractivity contribution is -0.128. The molecule has 2 aromatic rings. The van der Waals surface area contributed by atoms with Crippen molar-refractivity contribution in [2.75, 3.05) is 25.6 Å². The number of anilines is 1. The van der Waals surface area contributed by atoms with Gasteiger partial charge in [-0.3, -0.25) is 14.5 Å². The molecule has 1 aliphatic rings. The van der Waals surface area contributed by atoms with Crippen LogP contribution in [0.4, 0.5) is 11.4 Å². The molecule has 31 heavy (non-hydrogen) atoms. The minimum atomic E-state index is -0.541. The predicted molar refractivity (Wildman–Crippen MR) is 127 cm³/mol. The first-order valence-electron chi connectivity index (χ1n) is 9.98. The minimum Gasteiger partial charge on any atom is -0.383 e. The van der Waals surface area contributed by atoms with Gasteiger partial charge in [-0.15, -0.1) is 0 Å². The second-order valence-electron chi connectivity index (χ2n) is 7.44. The maximum absolute atomic E-state index is 13.0. The summed E-state index contributed by atoms with van der Waals surface area (Å²) >= 11 is 7.45. The molecule has 164 valence electrons. The molecule has 1 N–H and O–H groups in total. The number of nitrogens with zero attached hydrogens (tertiary/aromatic N) is 2. The van der Waals surface area contributed by atoms with Crippen LogP contribution >= 0.6 is 23.4 Å². The van der Waals surface area contributed by atoms with Crippen molar-refractivity contribution in [3.63, 3.8) is 0 Å². The van der Waals surface area contributed by atoms with Crippen LogP contribution in [0.1, 0.15) is 23.1 Å². The van der Waals surface area contributed by atoms with Gasteiger partial charge in [0.05, 0.1) is 18.8 Å². The maximum atomic E-state index is 13.0. The summed E-state index contributed by atoms with van der Waals surface area (Å²) in [6.45, 7) is 6.63. The lowest BCUT2D eigenvalue weighted by Gasteiger charge is -2.16. The van der Waals surface area contributed by atoms with Gasteiger partial charge >= 0.3 is 0 Å². The largest absolute Gasteiger partial charge is 0.383 e. The first-order chi connectivity index (χ1) is 14.8. The van der Waals surface area contributed by atoms with E-state index in [4.69, 9.17) is 21.3 Å². The monoisotopic (exact) mass is 459 g/mol. The van der Waals surface area contributed by atoms with E-state index in [-0.39, 0.29) is 18.2 Å². The summed E-state index contributed by atoms with van der Waals surface area (Å²) < 4.78 is 5.16. The molecule has 1 aliphatic heterocycles. The number of methoxy groups -OCH3 is 1. The summed E-state index contributed by atoms with van der Waals surface area (Å²) in [4.78, 5) is 32.0. The van der Waals surface area contributed by atoms with Crippen LogP contribution in [0.3, 0.4) is 0 Å². The number of ether oxygens (including phenoxy) is 1. The molecule has 0 spiro atoms. The Bertz CT molecular complexity index is 1030. The fraction of sp³-hybridized carbons (Fsp3) is 0.348. The highest BCUT2D eigenvalue weighted by Gasteiger charge is 2.39. The Morgan fingerprint density at radius 2 is 2.03 bits per heavy atom. The van der Waals surface area contributed by atoms with E-state index in [0.29, 0.717) is 29.0 Å². The number of rotatable bonds is 7. The number of halogens is 1. The van der Waals surface area contributed by atoms with E-state index in [1.807, 2.05) is 32.9 Å². The molecular weight excluding hydrogens is 434 g/mol. The molecule has 0 saturated carbocycles. The topological polar surface area (TPSA) is 71.0 Å². The Morgan fingerprint density at radius 3 is 2.74 bits per heavy atom. The zero-order valence-electron chi connectivity index (χ0n) is 18.1. The molecule has 3 rings (SSSR count). The van der Waals surface area contributed by atoms with Crippen LogP contribution in [0.25, 0.3) is 0 Å². The molecule has 1 unspecified atom stereocenters. The Morgan fingerprint density at radius 1 is 1.26 bits per heavy atom. The highest BCUT2D eigenvalue weighted by Crippen LogP contribution is 2.33. The van der Waals surface area contributed by atoms with Crippen LogP contribution in [0.2, 0.25) is 5.02 Å². The number of nitrogens with one attached hydrogen (secondary N) is 1. The van der Waals surface area contributed by atoms with E-state index in [1.54, 1.807) is 30.2 Å². The third-order valence-corrected chi connectivity index (χ3v) is 6.60. The predicted octanol–water partition coefficient (Wildman–Crippen LogP) is 4.87. The molecule has 1 heterocycles. The Balaban J connectivity index is 1.78. The Kier molecular flexibility index (Phi) is 7.75. The van der Waals surface area contributed by atoms with E-state index in [1.165, 1.54) is 11.8 Å². The average Bonchev–Trinajstić information content (AvgIpc) is 3.00. The molecule has 1 saturated heterocycles. The summed E-state index contributed by atoms with van der Waals surface area (Å²) in [5, 5.41) is 3.49. The molecule has 8 heteroatoms. The van der Waals surface area contributed by atoms with Gasteiger partial charge in [0.25, 0.3) is 0 Å². The number of benzene rings is 2. The molecule has 2 amide bonds. The van der Waals surface area contributed by atoms with Gasteiger partial charge in [-0.2, -0.15) is 0 Å². The third-order valence-electron chi connectivity index (χ3n) is 5.02. The molecule has 0 aromatic heterocycles. The van der Waals surface area contributed by atoms with Crippen LogP contribution in [-0.4, -0.2) is 47.4 Å². The highest BCUT2D eigenvalue weighted by atomic mass is 35.5. The fourth-order valence-electron chi connectivity index (χ4n) is 3.26. The summed E-state index contributed by atoms with van der Waals surface area (Å²) in [6, 6.07) is 11.3. The van der Waals surface area contributed by atoms with Gasteiger partial charge in [0.1, 0.15) is 5.25 Å². The first-order valence-corrected chi connectivity index (χ1v) is 11.2. The van der Waals surface area contributed by atoms with Gasteiger partial charge in [-0.05, 0) is 50.1 Å². The normalized spacial score (nSPS) is 17.5. The highest BCUT2D eigenvalue weighted by molar-refractivity contribution is 8.15. The number of carbonyl (C=O) groups excluding carboxylic acids is 2. The van der Waals surface area contributed by atoms with Crippen molar-refractivity contribution in [1.82, 2.24) is 4.90 Å². The van der Waals surface area contributed by atoms with Crippen molar-refractivity contribution in [1.29, 1.82) is 0 Å². The minimum absolute atomic E-state index is 0.0465. The number of hydrogen-bond donors (Lipinski definition) is 1. The molecular formula is C23H26ClN3O3S. The average molecular weight is 460 g/mol. The van der Waals surface area contributed by atoms with Gasteiger partial charge in [0.2, 0.25) is 11.8 Å².